The number of hydrogen-bond acceptors (Lipinski definition) is 4. The molecule has 4 aromatic rings. The van der Waals surface area contributed by atoms with Gasteiger partial charge in [-0.05, 0) is 36.8 Å². The molecule has 2 aromatic heterocycles. The maximum Gasteiger partial charge on any atom is 0.205 e. The van der Waals surface area contributed by atoms with Gasteiger partial charge in [0, 0.05) is 18.0 Å². The molecule has 0 amide bonds. The van der Waals surface area contributed by atoms with E-state index in [1.54, 1.807) is 18.4 Å². The minimum absolute atomic E-state index is 0.770. The summed E-state index contributed by atoms with van der Waals surface area (Å²) in [5, 5.41) is 9.33. The largest absolute Gasteiger partial charge is 0.460 e. The molecule has 0 bridgehead atoms. The lowest BCUT2D eigenvalue weighted by Gasteiger charge is -2.08. The van der Waals surface area contributed by atoms with Crippen LogP contribution in [0.2, 0.25) is 0 Å². The number of thiazole rings is 1. The zero-order chi connectivity index (χ0) is 18.1. The van der Waals surface area contributed by atoms with E-state index in [-0.39, 0.29) is 0 Å². The molecule has 4 rings (SSSR count). The Morgan fingerprint density at radius 1 is 1.04 bits per heavy atom. The summed E-state index contributed by atoms with van der Waals surface area (Å²) in [5.41, 5.74) is 2.98. The van der Waals surface area contributed by atoms with E-state index in [0.29, 0.717) is 0 Å². The number of benzene rings is 2. The van der Waals surface area contributed by atoms with Gasteiger partial charge in [0.2, 0.25) is 4.80 Å². The molecule has 2 heterocycles. The fourth-order valence-electron chi connectivity index (χ4n) is 3.01. The number of nitrogens with zero attached hydrogens (tertiary/aromatic N) is 3. The lowest BCUT2D eigenvalue weighted by atomic mass is 10.0. The van der Waals surface area contributed by atoms with Crippen LogP contribution < -0.4 is 4.80 Å². The first kappa shape index (κ1) is 16.5. The van der Waals surface area contributed by atoms with Gasteiger partial charge in [0.1, 0.15) is 17.2 Å². The molecular weight excluding hydrogens is 342 g/mol. The number of aryl methyl sites for hydroxylation is 1. The van der Waals surface area contributed by atoms with Crippen molar-refractivity contribution in [3.63, 3.8) is 0 Å². The van der Waals surface area contributed by atoms with Crippen molar-refractivity contribution in [3.05, 3.63) is 76.3 Å². The standard InChI is InChI=1S/C21H19N3OS/c1-14-11-12-20(25-14)15(2)23-24-19(13-26-21(24)22-3)18-10-6-8-16-7-4-5-9-17(16)18/h4-13H,1-3H3. The summed E-state index contributed by atoms with van der Waals surface area (Å²) in [6.07, 6.45) is 0. The van der Waals surface area contributed by atoms with Gasteiger partial charge in [0.25, 0.3) is 0 Å². The Bertz CT molecular complexity index is 1170. The molecule has 0 saturated carbocycles. The van der Waals surface area contributed by atoms with Gasteiger partial charge in [-0.3, -0.25) is 4.99 Å². The molecule has 0 aliphatic heterocycles. The normalized spacial score (nSPS) is 12.9. The Kier molecular flexibility index (Phi) is 4.31. The third kappa shape index (κ3) is 2.91. The molecule has 0 N–H and O–H groups in total. The molecule has 5 heteroatoms. The monoisotopic (exact) mass is 361 g/mol. The highest BCUT2D eigenvalue weighted by Gasteiger charge is 2.12. The number of furan rings is 1. The van der Waals surface area contributed by atoms with Crippen LogP contribution in [0.1, 0.15) is 18.4 Å². The van der Waals surface area contributed by atoms with E-state index < -0.39 is 0 Å². The van der Waals surface area contributed by atoms with Crippen molar-refractivity contribution in [3.8, 4) is 11.3 Å². The predicted octanol–water partition coefficient (Wildman–Crippen LogP) is 5.07. The van der Waals surface area contributed by atoms with Gasteiger partial charge >= 0.3 is 0 Å². The maximum atomic E-state index is 5.71. The minimum Gasteiger partial charge on any atom is -0.460 e. The molecule has 0 saturated heterocycles. The molecule has 0 spiro atoms. The zero-order valence-corrected chi connectivity index (χ0v) is 15.7. The minimum atomic E-state index is 0.770. The van der Waals surface area contributed by atoms with E-state index in [1.807, 2.05) is 30.7 Å². The van der Waals surface area contributed by atoms with E-state index in [4.69, 9.17) is 9.52 Å². The molecule has 2 aromatic carbocycles. The molecule has 0 aliphatic carbocycles. The summed E-state index contributed by atoms with van der Waals surface area (Å²) >= 11 is 1.58. The highest BCUT2D eigenvalue weighted by Crippen LogP contribution is 2.29. The highest BCUT2D eigenvalue weighted by molar-refractivity contribution is 7.07. The van der Waals surface area contributed by atoms with Crippen LogP contribution in [-0.4, -0.2) is 17.4 Å². The molecule has 4 nitrogen and oxygen atoms in total. The SMILES string of the molecule is CN=c1scc(-c2cccc3ccccc23)n1N=C(C)c1ccc(C)o1. The van der Waals surface area contributed by atoms with Crippen LogP contribution in [0.25, 0.3) is 22.0 Å². The molecule has 0 fully saturated rings. The van der Waals surface area contributed by atoms with Crippen molar-refractivity contribution in [1.29, 1.82) is 0 Å². The summed E-state index contributed by atoms with van der Waals surface area (Å²) in [4.78, 5) is 5.24. The quantitative estimate of drug-likeness (QED) is 0.470. The van der Waals surface area contributed by atoms with Crippen LogP contribution >= 0.6 is 11.3 Å². The van der Waals surface area contributed by atoms with Crippen LogP contribution in [0, 0.1) is 6.92 Å². The van der Waals surface area contributed by atoms with Gasteiger partial charge in [-0.2, -0.15) is 5.10 Å². The lowest BCUT2D eigenvalue weighted by molar-refractivity contribution is 0.524. The fraction of sp³-hybridized carbons (Fsp3) is 0.143. The first-order chi connectivity index (χ1) is 12.7. The van der Waals surface area contributed by atoms with Gasteiger partial charge in [-0.25, -0.2) is 4.68 Å². The van der Waals surface area contributed by atoms with E-state index in [2.05, 4.69) is 52.8 Å². The average molecular weight is 361 g/mol. The molecule has 0 unspecified atom stereocenters. The van der Waals surface area contributed by atoms with Crippen LogP contribution in [0.4, 0.5) is 0 Å². The second-order valence-corrected chi connectivity index (χ2v) is 6.90. The van der Waals surface area contributed by atoms with E-state index in [1.165, 1.54) is 10.8 Å². The summed E-state index contributed by atoms with van der Waals surface area (Å²) in [7, 11) is 1.79. The predicted molar refractivity (Wildman–Crippen MR) is 108 cm³/mol. The van der Waals surface area contributed by atoms with Crippen molar-refractivity contribution in [2.75, 3.05) is 7.05 Å². The zero-order valence-electron chi connectivity index (χ0n) is 14.9. The topological polar surface area (TPSA) is 42.8 Å². The number of fused-ring (bicyclic) bond motifs is 1. The van der Waals surface area contributed by atoms with Crippen LogP contribution in [0.15, 0.2) is 74.5 Å². The van der Waals surface area contributed by atoms with Gasteiger partial charge in [0.15, 0.2) is 0 Å². The smallest absolute Gasteiger partial charge is 0.205 e. The fourth-order valence-corrected chi connectivity index (χ4v) is 3.80. The molecule has 26 heavy (non-hydrogen) atoms. The third-order valence-electron chi connectivity index (χ3n) is 4.29. The van der Waals surface area contributed by atoms with Gasteiger partial charge < -0.3 is 4.42 Å². The van der Waals surface area contributed by atoms with Crippen molar-refractivity contribution >= 4 is 27.8 Å². The first-order valence-corrected chi connectivity index (χ1v) is 9.29. The van der Waals surface area contributed by atoms with Crippen LogP contribution in [-0.2, 0) is 0 Å². The Balaban J connectivity index is 1.93. The Labute approximate surface area is 155 Å². The van der Waals surface area contributed by atoms with Crippen molar-refractivity contribution in [2.24, 2.45) is 10.1 Å². The Hall–Kier alpha value is -2.92. The van der Waals surface area contributed by atoms with Crippen molar-refractivity contribution in [2.45, 2.75) is 13.8 Å². The molecule has 130 valence electrons. The van der Waals surface area contributed by atoms with Gasteiger partial charge in [-0.15, -0.1) is 11.3 Å². The highest BCUT2D eigenvalue weighted by atomic mass is 32.1. The summed E-state index contributed by atoms with van der Waals surface area (Å²) in [6, 6.07) is 18.6. The Morgan fingerprint density at radius 2 is 1.85 bits per heavy atom. The van der Waals surface area contributed by atoms with Crippen LogP contribution in [0.5, 0.6) is 0 Å². The van der Waals surface area contributed by atoms with Crippen LogP contribution in [0.3, 0.4) is 0 Å². The molecule has 0 atom stereocenters. The van der Waals surface area contributed by atoms with Crippen molar-refractivity contribution < 1.29 is 4.42 Å². The number of hydrogen-bond donors (Lipinski definition) is 0. The van der Waals surface area contributed by atoms with Crippen molar-refractivity contribution in [1.82, 2.24) is 4.68 Å². The number of aromatic nitrogens is 1. The average Bonchev–Trinajstić information content (AvgIpc) is 3.27. The summed E-state index contributed by atoms with van der Waals surface area (Å²) in [5.74, 6) is 1.65. The summed E-state index contributed by atoms with van der Waals surface area (Å²) in [6.45, 7) is 3.89. The lowest BCUT2D eigenvalue weighted by Crippen LogP contribution is -2.13. The number of rotatable bonds is 3. The molecule has 0 radical (unpaired) electrons. The van der Waals surface area contributed by atoms with Gasteiger partial charge in [0.05, 0.1) is 5.69 Å². The molecule has 0 aliphatic rings. The third-order valence-corrected chi connectivity index (χ3v) is 5.20. The second-order valence-electron chi connectivity index (χ2n) is 6.06. The Morgan fingerprint density at radius 3 is 2.62 bits per heavy atom. The van der Waals surface area contributed by atoms with E-state index in [0.717, 1.165) is 33.3 Å². The second kappa shape index (κ2) is 6.77. The summed E-state index contributed by atoms with van der Waals surface area (Å²) < 4.78 is 7.61. The maximum absolute atomic E-state index is 5.71. The first-order valence-electron chi connectivity index (χ1n) is 8.41. The van der Waals surface area contributed by atoms with E-state index in [9.17, 15) is 0 Å². The molecular formula is C21H19N3OS. The van der Waals surface area contributed by atoms with E-state index >= 15 is 0 Å². The van der Waals surface area contributed by atoms with Gasteiger partial charge in [-0.1, -0.05) is 42.5 Å².